The lowest BCUT2D eigenvalue weighted by Gasteiger charge is -2.17. The number of carbonyl (C=O) groups excluding carboxylic acids is 1. The van der Waals surface area contributed by atoms with Crippen LogP contribution in [-0.4, -0.2) is 22.8 Å². The Morgan fingerprint density at radius 2 is 2.05 bits per heavy atom. The van der Waals surface area contributed by atoms with Gasteiger partial charge in [0.05, 0.1) is 0 Å². The molecular weight excluding hydrogens is 259 g/mol. The summed E-state index contributed by atoms with van der Waals surface area (Å²) in [5, 5.41) is 0. The Balaban J connectivity index is 2.09. The first kappa shape index (κ1) is 14.0. The Labute approximate surface area is 116 Å². The van der Waals surface area contributed by atoms with Crippen molar-refractivity contribution in [3.8, 4) is 0 Å². The number of hydrazine groups is 1. The fourth-order valence-corrected chi connectivity index (χ4v) is 1.80. The summed E-state index contributed by atoms with van der Waals surface area (Å²) < 4.78 is 12.8. The van der Waals surface area contributed by atoms with E-state index in [1.807, 2.05) is 0 Å². The minimum Gasteiger partial charge on any atom is -0.337 e. The lowest BCUT2D eigenvalue weighted by molar-refractivity contribution is 0.0785. The molecule has 0 spiro atoms. The second-order valence-electron chi connectivity index (χ2n) is 4.36. The van der Waals surface area contributed by atoms with Crippen LogP contribution in [0.2, 0.25) is 0 Å². The van der Waals surface area contributed by atoms with E-state index in [9.17, 15) is 9.18 Å². The Morgan fingerprint density at radius 1 is 1.35 bits per heavy atom. The van der Waals surface area contributed by atoms with Crippen LogP contribution >= 0.6 is 0 Å². The predicted octanol–water partition coefficient (Wildman–Crippen LogP) is 1.78. The maximum absolute atomic E-state index is 12.8. The van der Waals surface area contributed by atoms with E-state index < -0.39 is 0 Å². The summed E-state index contributed by atoms with van der Waals surface area (Å²) in [5.41, 5.74) is 3.73. The number of nitrogen functional groups attached to an aromatic ring is 1. The summed E-state index contributed by atoms with van der Waals surface area (Å²) in [6.45, 7) is 0.396. The minimum atomic E-state index is -0.296. The molecular formula is C14H15FN4O. The number of carbonyl (C=O) groups is 1. The van der Waals surface area contributed by atoms with Gasteiger partial charge in [0.2, 0.25) is 0 Å². The first-order valence-electron chi connectivity index (χ1n) is 6.02. The molecule has 0 aliphatic carbocycles. The largest absolute Gasteiger partial charge is 0.337 e. The molecule has 1 heterocycles. The Bertz CT molecular complexity index is 600. The lowest BCUT2D eigenvalue weighted by atomic mass is 10.2. The van der Waals surface area contributed by atoms with Crippen molar-refractivity contribution in [2.45, 2.75) is 6.54 Å². The Hall–Kier alpha value is -2.47. The SMILES string of the molecule is CN(Cc1ccc(F)cc1)C(=O)c1ccnc(NN)c1. The van der Waals surface area contributed by atoms with Crippen LogP contribution in [0.15, 0.2) is 42.6 Å². The minimum absolute atomic E-state index is 0.159. The second kappa shape index (κ2) is 6.12. The number of nitrogens with one attached hydrogen (secondary N) is 1. The maximum Gasteiger partial charge on any atom is 0.254 e. The number of benzene rings is 1. The number of aromatic nitrogens is 1. The molecule has 1 aromatic heterocycles. The molecule has 5 nitrogen and oxygen atoms in total. The molecule has 0 atom stereocenters. The number of hydrogen-bond donors (Lipinski definition) is 2. The third-order valence-electron chi connectivity index (χ3n) is 2.83. The first-order valence-corrected chi connectivity index (χ1v) is 6.02. The summed E-state index contributed by atoms with van der Waals surface area (Å²) in [4.78, 5) is 17.7. The molecule has 0 radical (unpaired) electrons. The molecule has 0 aliphatic rings. The standard InChI is InChI=1S/C14H15FN4O/c1-19(9-10-2-4-12(15)5-3-10)14(20)11-6-7-17-13(8-11)18-16/h2-8H,9,16H2,1H3,(H,17,18). The van der Waals surface area contributed by atoms with Crippen molar-refractivity contribution in [2.75, 3.05) is 12.5 Å². The molecule has 20 heavy (non-hydrogen) atoms. The molecule has 1 aromatic carbocycles. The number of amides is 1. The number of nitrogens with zero attached hydrogens (tertiary/aromatic N) is 2. The molecule has 0 saturated heterocycles. The summed E-state index contributed by atoms with van der Waals surface area (Å²) >= 11 is 0. The van der Waals surface area contributed by atoms with Gasteiger partial charge in [0.1, 0.15) is 11.6 Å². The summed E-state index contributed by atoms with van der Waals surface area (Å²) in [6, 6.07) is 9.23. The van der Waals surface area contributed by atoms with Crippen molar-refractivity contribution in [3.63, 3.8) is 0 Å². The van der Waals surface area contributed by atoms with Gasteiger partial charge in [-0.25, -0.2) is 15.2 Å². The van der Waals surface area contributed by atoms with Gasteiger partial charge in [-0.15, -0.1) is 0 Å². The highest BCUT2D eigenvalue weighted by atomic mass is 19.1. The van der Waals surface area contributed by atoms with Crippen LogP contribution in [0, 0.1) is 5.82 Å². The van der Waals surface area contributed by atoms with E-state index in [4.69, 9.17) is 5.84 Å². The van der Waals surface area contributed by atoms with Gasteiger partial charge in [0.15, 0.2) is 0 Å². The number of halogens is 1. The number of rotatable bonds is 4. The van der Waals surface area contributed by atoms with Crippen molar-refractivity contribution in [1.29, 1.82) is 0 Å². The van der Waals surface area contributed by atoms with Crippen molar-refractivity contribution >= 4 is 11.7 Å². The van der Waals surface area contributed by atoms with Crippen LogP contribution in [0.25, 0.3) is 0 Å². The topological polar surface area (TPSA) is 71.2 Å². The third-order valence-corrected chi connectivity index (χ3v) is 2.83. The number of pyridine rings is 1. The van der Waals surface area contributed by atoms with Crippen LogP contribution in [0.1, 0.15) is 15.9 Å². The summed E-state index contributed by atoms with van der Waals surface area (Å²) in [5.74, 6) is 5.23. The molecule has 6 heteroatoms. The fourth-order valence-electron chi connectivity index (χ4n) is 1.80. The molecule has 2 rings (SSSR count). The Kier molecular flexibility index (Phi) is 4.27. The van der Waals surface area contributed by atoms with Crippen LogP contribution < -0.4 is 11.3 Å². The zero-order valence-electron chi connectivity index (χ0n) is 11.0. The van der Waals surface area contributed by atoms with E-state index in [-0.39, 0.29) is 11.7 Å². The molecule has 0 aliphatic heterocycles. The molecule has 0 saturated carbocycles. The summed E-state index contributed by atoms with van der Waals surface area (Å²) in [7, 11) is 1.68. The molecule has 104 valence electrons. The van der Waals surface area contributed by atoms with Crippen LogP contribution in [0.5, 0.6) is 0 Å². The number of nitrogens with two attached hydrogens (primary N) is 1. The van der Waals surface area contributed by atoms with Gasteiger partial charge in [-0.1, -0.05) is 12.1 Å². The van der Waals surface area contributed by atoms with E-state index in [1.165, 1.54) is 18.3 Å². The van der Waals surface area contributed by atoms with E-state index in [0.717, 1.165) is 5.56 Å². The van der Waals surface area contributed by atoms with Gasteiger partial charge in [0.25, 0.3) is 5.91 Å². The number of anilines is 1. The van der Waals surface area contributed by atoms with Crippen molar-refractivity contribution < 1.29 is 9.18 Å². The van der Waals surface area contributed by atoms with Gasteiger partial charge in [-0.05, 0) is 29.8 Å². The van der Waals surface area contributed by atoms with Gasteiger partial charge in [0, 0.05) is 25.4 Å². The average molecular weight is 274 g/mol. The van der Waals surface area contributed by atoms with E-state index >= 15 is 0 Å². The van der Waals surface area contributed by atoms with Crippen molar-refractivity contribution in [3.05, 3.63) is 59.5 Å². The maximum atomic E-state index is 12.8. The molecule has 2 aromatic rings. The molecule has 0 bridgehead atoms. The zero-order chi connectivity index (χ0) is 14.5. The molecule has 0 fully saturated rings. The Morgan fingerprint density at radius 3 is 2.70 bits per heavy atom. The van der Waals surface area contributed by atoms with Gasteiger partial charge in [-0.3, -0.25) is 4.79 Å². The normalized spacial score (nSPS) is 10.2. The quantitative estimate of drug-likeness (QED) is 0.658. The third kappa shape index (κ3) is 3.30. The molecule has 0 unspecified atom stereocenters. The van der Waals surface area contributed by atoms with Crippen LogP contribution in [0.4, 0.5) is 10.2 Å². The van der Waals surface area contributed by atoms with Gasteiger partial charge in [-0.2, -0.15) is 0 Å². The second-order valence-corrected chi connectivity index (χ2v) is 4.36. The highest BCUT2D eigenvalue weighted by Gasteiger charge is 2.12. The molecule has 3 N–H and O–H groups in total. The van der Waals surface area contributed by atoms with Crippen LogP contribution in [0.3, 0.4) is 0 Å². The highest BCUT2D eigenvalue weighted by molar-refractivity contribution is 5.94. The predicted molar refractivity (Wildman–Crippen MR) is 74.2 cm³/mol. The van der Waals surface area contributed by atoms with Gasteiger partial charge >= 0.3 is 0 Å². The van der Waals surface area contributed by atoms with Crippen molar-refractivity contribution in [1.82, 2.24) is 9.88 Å². The lowest BCUT2D eigenvalue weighted by Crippen LogP contribution is -2.26. The summed E-state index contributed by atoms with van der Waals surface area (Å²) in [6.07, 6.45) is 1.51. The van der Waals surface area contributed by atoms with Gasteiger partial charge < -0.3 is 10.3 Å². The monoisotopic (exact) mass is 274 g/mol. The van der Waals surface area contributed by atoms with E-state index in [0.29, 0.717) is 17.9 Å². The zero-order valence-corrected chi connectivity index (χ0v) is 11.0. The average Bonchev–Trinajstić information content (AvgIpc) is 2.48. The molecule has 1 amide bonds. The fraction of sp³-hybridized carbons (Fsp3) is 0.143. The van der Waals surface area contributed by atoms with Crippen LogP contribution in [-0.2, 0) is 6.54 Å². The van der Waals surface area contributed by atoms with Crippen molar-refractivity contribution in [2.24, 2.45) is 5.84 Å². The van der Waals surface area contributed by atoms with E-state index in [2.05, 4.69) is 10.4 Å². The van der Waals surface area contributed by atoms with E-state index in [1.54, 1.807) is 36.2 Å². The number of hydrogen-bond acceptors (Lipinski definition) is 4. The highest BCUT2D eigenvalue weighted by Crippen LogP contribution is 2.11. The first-order chi connectivity index (χ1) is 9.60. The smallest absolute Gasteiger partial charge is 0.254 e.